The van der Waals surface area contributed by atoms with Crippen molar-refractivity contribution in [1.82, 2.24) is 0 Å². The maximum absolute atomic E-state index is 13.9. The van der Waals surface area contributed by atoms with Crippen LogP contribution in [0, 0.1) is 5.82 Å². The average Bonchev–Trinajstić information content (AvgIpc) is 2.50. The molecule has 3 rings (SSSR count). The summed E-state index contributed by atoms with van der Waals surface area (Å²) in [6, 6.07) is 18.7. The van der Waals surface area contributed by atoms with Gasteiger partial charge in [-0.1, -0.05) is 54.1 Å². The van der Waals surface area contributed by atoms with E-state index in [1.165, 1.54) is 12.1 Å². The minimum Gasteiger partial charge on any atom is -0.207 e. The molecule has 106 valence electrons. The maximum atomic E-state index is 13.9. The van der Waals surface area contributed by atoms with Crippen molar-refractivity contribution >= 4 is 34.0 Å². The van der Waals surface area contributed by atoms with Crippen LogP contribution in [0.25, 0.3) is 10.8 Å². The fourth-order valence-corrected chi connectivity index (χ4v) is 3.04. The number of rotatable bonds is 3. The Morgan fingerprint density at radius 3 is 2.57 bits per heavy atom. The lowest BCUT2D eigenvalue weighted by molar-refractivity contribution is 0.606. The van der Waals surface area contributed by atoms with Crippen LogP contribution in [0.15, 0.2) is 60.7 Å². The van der Waals surface area contributed by atoms with E-state index in [0.717, 1.165) is 16.3 Å². The molecule has 0 heterocycles. The van der Waals surface area contributed by atoms with E-state index >= 15 is 0 Å². The van der Waals surface area contributed by atoms with Gasteiger partial charge in [0.25, 0.3) is 0 Å². The van der Waals surface area contributed by atoms with Gasteiger partial charge in [-0.05, 0) is 41.0 Å². The standard InChI is InChI=1S/C18H13Cl2F/c19-14-8-9-18(21)16(11-14)17(20)10-13-6-3-5-12-4-1-2-7-15(12)13/h1-9,11,17H,10H2. The van der Waals surface area contributed by atoms with Crippen LogP contribution in [-0.2, 0) is 6.42 Å². The lowest BCUT2D eigenvalue weighted by Gasteiger charge is -2.13. The molecule has 0 bridgehead atoms. The number of hydrogen-bond donors (Lipinski definition) is 0. The van der Waals surface area contributed by atoms with E-state index in [4.69, 9.17) is 23.2 Å². The molecule has 3 aromatic rings. The second kappa shape index (κ2) is 6.05. The third-order valence-electron chi connectivity index (χ3n) is 3.57. The molecule has 0 amide bonds. The van der Waals surface area contributed by atoms with E-state index in [2.05, 4.69) is 18.2 Å². The molecule has 0 radical (unpaired) electrons. The van der Waals surface area contributed by atoms with Gasteiger partial charge >= 0.3 is 0 Å². The zero-order chi connectivity index (χ0) is 14.8. The zero-order valence-corrected chi connectivity index (χ0v) is 12.7. The fraction of sp³-hybridized carbons (Fsp3) is 0.111. The molecule has 0 aliphatic carbocycles. The molecule has 0 saturated carbocycles. The Morgan fingerprint density at radius 2 is 1.71 bits per heavy atom. The van der Waals surface area contributed by atoms with Crippen molar-refractivity contribution in [3.8, 4) is 0 Å². The lowest BCUT2D eigenvalue weighted by Crippen LogP contribution is -2.00. The van der Waals surface area contributed by atoms with E-state index in [1.807, 2.05) is 24.3 Å². The summed E-state index contributed by atoms with van der Waals surface area (Å²) in [5.74, 6) is -0.320. The molecule has 3 aromatic carbocycles. The van der Waals surface area contributed by atoms with Crippen molar-refractivity contribution in [3.63, 3.8) is 0 Å². The minimum atomic E-state index is -0.450. The fourth-order valence-electron chi connectivity index (χ4n) is 2.53. The maximum Gasteiger partial charge on any atom is 0.128 e. The molecule has 0 N–H and O–H groups in total. The van der Waals surface area contributed by atoms with Crippen molar-refractivity contribution in [2.24, 2.45) is 0 Å². The highest BCUT2D eigenvalue weighted by atomic mass is 35.5. The summed E-state index contributed by atoms with van der Waals surface area (Å²) in [5.41, 5.74) is 1.55. The van der Waals surface area contributed by atoms with Gasteiger partial charge in [0.1, 0.15) is 5.82 Å². The summed E-state index contributed by atoms with van der Waals surface area (Å²) in [4.78, 5) is 0. The van der Waals surface area contributed by atoms with Crippen LogP contribution in [0.5, 0.6) is 0 Å². The van der Waals surface area contributed by atoms with E-state index in [1.54, 1.807) is 6.07 Å². The van der Waals surface area contributed by atoms with Crippen LogP contribution in [0.2, 0.25) is 5.02 Å². The predicted molar refractivity (Wildman–Crippen MR) is 87.7 cm³/mol. The molecule has 0 aromatic heterocycles. The van der Waals surface area contributed by atoms with Gasteiger partial charge in [0.2, 0.25) is 0 Å². The molecule has 0 fully saturated rings. The van der Waals surface area contributed by atoms with Crippen molar-refractivity contribution < 1.29 is 4.39 Å². The smallest absolute Gasteiger partial charge is 0.128 e. The first-order valence-electron chi connectivity index (χ1n) is 6.71. The number of fused-ring (bicyclic) bond motifs is 1. The van der Waals surface area contributed by atoms with Crippen LogP contribution in [0.3, 0.4) is 0 Å². The monoisotopic (exact) mass is 318 g/mol. The molecule has 0 nitrogen and oxygen atoms in total. The normalized spacial score (nSPS) is 12.5. The highest BCUT2D eigenvalue weighted by molar-refractivity contribution is 6.30. The zero-order valence-electron chi connectivity index (χ0n) is 11.2. The molecular formula is C18H13Cl2F. The van der Waals surface area contributed by atoms with Crippen molar-refractivity contribution in [2.45, 2.75) is 11.8 Å². The van der Waals surface area contributed by atoms with E-state index in [0.29, 0.717) is 17.0 Å². The van der Waals surface area contributed by atoms with Crippen molar-refractivity contribution in [2.75, 3.05) is 0 Å². The van der Waals surface area contributed by atoms with Crippen LogP contribution >= 0.6 is 23.2 Å². The van der Waals surface area contributed by atoms with E-state index in [9.17, 15) is 4.39 Å². The van der Waals surface area contributed by atoms with Gasteiger partial charge in [0.15, 0.2) is 0 Å². The number of alkyl halides is 1. The highest BCUT2D eigenvalue weighted by Crippen LogP contribution is 2.31. The van der Waals surface area contributed by atoms with Gasteiger partial charge in [0.05, 0.1) is 5.38 Å². The van der Waals surface area contributed by atoms with E-state index in [-0.39, 0.29) is 5.82 Å². The molecule has 0 aliphatic heterocycles. The molecule has 1 atom stereocenters. The molecular weight excluding hydrogens is 306 g/mol. The largest absolute Gasteiger partial charge is 0.207 e. The molecule has 21 heavy (non-hydrogen) atoms. The average molecular weight is 319 g/mol. The second-order valence-electron chi connectivity index (χ2n) is 4.98. The highest BCUT2D eigenvalue weighted by Gasteiger charge is 2.15. The minimum absolute atomic E-state index is 0.320. The van der Waals surface area contributed by atoms with Gasteiger partial charge in [-0.3, -0.25) is 0 Å². The SMILES string of the molecule is Fc1ccc(Cl)cc1C(Cl)Cc1cccc2ccccc12. The molecule has 3 heteroatoms. The van der Waals surface area contributed by atoms with Crippen molar-refractivity contribution in [3.05, 3.63) is 82.6 Å². The first-order valence-corrected chi connectivity index (χ1v) is 7.52. The summed E-state index contributed by atoms with van der Waals surface area (Å²) in [6.45, 7) is 0. The molecule has 0 saturated heterocycles. The third-order valence-corrected chi connectivity index (χ3v) is 4.20. The Morgan fingerprint density at radius 1 is 0.952 bits per heavy atom. The Labute approximate surface area is 133 Å². The number of halogens is 3. The second-order valence-corrected chi connectivity index (χ2v) is 5.94. The molecule has 0 spiro atoms. The first-order chi connectivity index (χ1) is 10.1. The Balaban J connectivity index is 1.96. The van der Waals surface area contributed by atoms with Gasteiger partial charge in [0, 0.05) is 10.6 Å². The summed E-state index contributed by atoms with van der Waals surface area (Å²) < 4.78 is 13.9. The van der Waals surface area contributed by atoms with Gasteiger partial charge < -0.3 is 0 Å². The number of hydrogen-bond acceptors (Lipinski definition) is 0. The topological polar surface area (TPSA) is 0 Å². The first kappa shape index (κ1) is 14.4. The van der Waals surface area contributed by atoms with Gasteiger partial charge in [-0.2, -0.15) is 0 Å². The van der Waals surface area contributed by atoms with Gasteiger partial charge in [-0.25, -0.2) is 4.39 Å². The van der Waals surface area contributed by atoms with Crippen LogP contribution in [0.1, 0.15) is 16.5 Å². The quantitative estimate of drug-likeness (QED) is 0.508. The number of benzene rings is 3. The summed E-state index contributed by atoms with van der Waals surface area (Å²) in [5, 5.41) is 2.35. The van der Waals surface area contributed by atoms with Gasteiger partial charge in [-0.15, -0.1) is 11.6 Å². The predicted octanol–water partition coefficient (Wildman–Crippen LogP) is 6.15. The molecule has 1 unspecified atom stereocenters. The van der Waals surface area contributed by atoms with E-state index < -0.39 is 5.38 Å². The molecule has 0 aliphatic rings. The lowest BCUT2D eigenvalue weighted by atomic mass is 9.98. The summed E-state index contributed by atoms with van der Waals surface area (Å²) >= 11 is 12.4. The van der Waals surface area contributed by atoms with Crippen molar-refractivity contribution in [1.29, 1.82) is 0 Å². The Kier molecular flexibility index (Phi) is 4.14. The van der Waals surface area contributed by atoms with Crippen LogP contribution in [0.4, 0.5) is 4.39 Å². The van der Waals surface area contributed by atoms with Crippen LogP contribution in [-0.4, -0.2) is 0 Å². The Bertz CT molecular complexity index is 778. The summed E-state index contributed by atoms with van der Waals surface area (Å²) in [7, 11) is 0. The van der Waals surface area contributed by atoms with Crippen LogP contribution < -0.4 is 0 Å². The Hall–Kier alpha value is -1.57. The summed E-state index contributed by atoms with van der Waals surface area (Å²) in [6.07, 6.45) is 0.556. The third kappa shape index (κ3) is 3.04.